The summed E-state index contributed by atoms with van der Waals surface area (Å²) in [5, 5.41) is 2.91. The van der Waals surface area contributed by atoms with Crippen molar-refractivity contribution in [1.29, 1.82) is 0 Å². The first kappa shape index (κ1) is 16.7. The summed E-state index contributed by atoms with van der Waals surface area (Å²) < 4.78 is 13.9. The van der Waals surface area contributed by atoms with Crippen molar-refractivity contribution < 1.29 is 14.0 Å². The minimum atomic E-state index is -1.07. The van der Waals surface area contributed by atoms with Crippen LogP contribution in [-0.4, -0.2) is 48.9 Å². The summed E-state index contributed by atoms with van der Waals surface area (Å²) in [7, 11) is 0. The Morgan fingerprint density at radius 3 is 2.33 bits per heavy atom. The second-order valence-electron chi connectivity index (χ2n) is 7.10. The molecule has 0 atom stereocenters. The number of amides is 2. The zero-order valence-electron chi connectivity index (χ0n) is 14.2. The van der Waals surface area contributed by atoms with Crippen LogP contribution < -0.4 is 10.2 Å². The van der Waals surface area contributed by atoms with Gasteiger partial charge in [0.15, 0.2) is 0 Å². The Kier molecular flexibility index (Phi) is 4.47. The number of carbonyl (C=O) groups excluding carboxylic acids is 2. The van der Waals surface area contributed by atoms with Gasteiger partial charge in [-0.1, -0.05) is 12.1 Å². The quantitative estimate of drug-likeness (QED) is 0.855. The Hall–Kier alpha value is -2.11. The number of hydrogen-bond donors (Lipinski definition) is 1. The van der Waals surface area contributed by atoms with Gasteiger partial charge in [-0.3, -0.25) is 9.59 Å². The molecular weight excluding hydrogens is 309 g/mol. The molecule has 24 heavy (non-hydrogen) atoms. The largest absolute Gasteiger partial charge is 0.366 e. The Labute approximate surface area is 141 Å². The van der Waals surface area contributed by atoms with Crippen LogP contribution in [0.1, 0.15) is 26.7 Å². The molecule has 0 unspecified atom stereocenters. The summed E-state index contributed by atoms with van der Waals surface area (Å²) in [5.74, 6) is -0.609. The molecular formula is C18H24FN3O2. The van der Waals surface area contributed by atoms with Gasteiger partial charge < -0.3 is 15.1 Å². The van der Waals surface area contributed by atoms with Gasteiger partial charge in [-0.25, -0.2) is 4.39 Å². The number of carbonyl (C=O) groups is 2. The van der Waals surface area contributed by atoms with Gasteiger partial charge in [0.1, 0.15) is 11.2 Å². The first-order chi connectivity index (χ1) is 11.4. The molecule has 1 N–H and O–H groups in total. The number of halogens is 1. The molecule has 0 radical (unpaired) electrons. The van der Waals surface area contributed by atoms with E-state index in [-0.39, 0.29) is 23.7 Å². The van der Waals surface area contributed by atoms with Gasteiger partial charge in [-0.05, 0) is 38.8 Å². The normalized spacial score (nSPS) is 18.5. The molecule has 1 aliphatic carbocycles. The number of hydrogen-bond acceptors (Lipinski definition) is 3. The fraction of sp³-hybridized carbons (Fsp3) is 0.556. The lowest BCUT2D eigenvalue weighted by Crippen LogP contribution is -2.55. The maximum atomic E-state index is 13.9. The smallest absolute Gasteiger partial charge is 0.237 e. The molecule has 1 saturated heterocycles. The Balaban J connectivity index is 1.60. The molecule has 6 heteroatoms. The highest BCUT2D eigenvalue weighted by molar-refractivity contribution is 6.04. The van der Waals surface area contributed by atoms with Crippen molar-refractivity contribution in [1.82, 2.24) is 10.2 Å². The molecule has 1 saturated carbocycles. The number of nitrogens with one attached hydrogen (secondary N) is 1. The van der Waals surface area contributed by atoms with Crippen LogP contribution in [0.4, 0.5) is 10.1 Å². The van der Waals surface area contributed by atoms with Crippen molar-refractivity contribution in [2.75, 3.05) is 31.1 Å². The van der Waals surface area contributed by atoms with E-state index < -0.39 is 5.41 Å². The maximum absolute atomic E-state index is 13.9. The fourth-order valence-corrected chi connectivity index (χ4v) is 2.94. The first-order valence-electron chi connectivity index (χ1n) is 8.49. The van der Waals surface area contributed by atoms with E-state index in [1.807, 2.05) is 4.90 Å². The third kappa shape index (κ3) is 3.37. The van der Waals surface area contributed by atoms with Crippen LogP contribution in [0.3, 0.4) is 0 Å². The van der Waals surface area contributed by atoms with Crippen molar-refractivity contribution in [3.8, 4) is 0 Å². The number of rotatable bonds is 4. The number of anilines is 1. The second kappa shape index (κ2) is 6.42. The highest BCUT2D eigenvalue weighted by atomic mass is 19.1. The average molecular weight is 333 g/mol. The molecule has 1 aromatic carbocycles. The van der Waals surface area contributed by atoms with Gasteiger partial charge in [0.2, 0.25) is 11.8 Å². The zero-order chi connectivity index (χ0) is 17.3. The third-order valence-corrected chi connectivity index (χ3v) is 4.77. The Morgan fingerprint density at radius 1 is 1.12 bits per heavy atom. The van der Waals surface area contributed by atoms with E-state index in [0.717, 1.165) is 12.8 Å². The predicted molar refractivity (Wildman–Crippen MR) is 90.1 cm³/mol. The highest BCUT2D eigenvalue weighted by Crippen LogP contribution is 2.26. The van der Waals surface area contributed by atoms with Gasteiger partial charge in [0.05, 0.1) is 5.69 Å². The Bertz CT molecular complexity index is 635. The standard InChI is InChI=1S/C18H24FN3O2/c1-18(2,16(23)20-13-7-8-13)17(24)22-11-9-21(10-12-22)15-6-4-3-5-14(15)19/h3-6,13H,7-12H2,1-2H3,(H,20,23). The van der Waals surface area contributed by atoms with Crippen molar-refractivity contribution in [2.24, 2.45) is 5.41 Å². The van der Waals surface area contributed by atoms with Gasteiger partial charge in [-0.2, -0.15) is 0 Å². The molecule has 2 fully saturated rings. The predicted octanol–water partition coefficient (Wildman–Crippen LogP) is 1.78. The molecule has 3 rings (SSSR count). The number of piperazine rings is 1. The maximum Gasteiger partial charge on any atom is 0.237 e. The third-order valence-electron chi connectivity index (χ3n) is 4.77. The highest BCUT2D eigenvalue weighted by Gasteiger charge is 2.41. The van der Waals surface area contributed by atoms with Crippen LogP contribution in [0.2, 0.25) is 0 Å². The van der Waals surface area contributed by atoms with Crippen LogP contribution in [-0.2, 0) is 9.59 Å². The molecule has 130 valence electrons. The number of para-hydroxylation sites is 1. The molecule has 2 amide bonds. The van der Waals surface area contributed by atoms with Crippen LogP contribution in [0.5, 0.6) is 0 Å². The minimum absolute atomic E-state index is 0.158. The molecule has 1 heterocycles. The lowest BCUT2D eigenvalue weighted by Gasteiger charge is -2.39. The van der Waals surface area contributed by atoms with E-state index in [2.05, 4.69) is 5.32 Å². The molecule has 0 aromatic heterocycles. The molecule has 2 aliphatic rings. The monoisotopic (exact) mass is 333 g/mol. The summed E-state index contributed by atoms with van der Waals surface area (Å²) in [6.45, 7) is 5.47. The summed E-state index contributed by atoms with van der Waals surface area (Å²) in [6, 6.07) is 6.90. The van der Waals surface area contributed by atoms with E-state index in [4.69, 9.17) is 0 Å². The van der Waals surface area contributed by atoms with E-state index in [0.29, 0.717) is 31.9 Å². The van der Waals surface area contributed by atoms with E-state index in [1.165, 1.54) is 6.07 Å². The fourth-order valence-electron chi connectivity index (χ4n) is 2.94. The van der Waals surface area contributed by atoms with E-state index in [1.54, 1.807) is 36.9 Å². The molecule has 1 aliphatic heterocycles. The average Bonchev–Trinajstić information content (AvgIpc) is 3.39. The number of benzene rings is 1. The van der Waals surface area contributed by atoms with Crippen LogP contribution in [0.15, 0.2) is 24.3 Å². The van der Waals surface area contributed by atoms with Gasteiger partial charge in [-0.15, -0.1) is 0 Å². The van der Waals surface area contributed by atoms with Gasteiger partial charge in [0.25, 0.3) is 0 Å². The second-order valence-corrected chi connectivity index (χ2v) is 7.10. The molecule has 0 bridgehead atoms. The van der Waals surface area contributed by atoms with Gasteiger partial charge >= 0.3 is 0 Å². The van der Waals surface area contributed by atoms with Crippen LogP contribution in [0, 0.1) is 11.2 Å². The summed E-state index contributed by atoms with van der Waals surface area (Å²) >= 11 is 0. The SMILES string of the molecule is CC(C)(C(=O)NC1CC1)C(=O)N1CCN(c2ccccc2F)CC1. The lowest BCUT2D eigenvalue weighted by atomic mass is 9.90. The lowest BCUT2D eigenvalue weighted by molar-refractivity contribution is -0.148. The molecule has 1 aromatic rings. The van der Waals surface area contributed by atoms with Crippen molar-refractivity contribution >= 4 is 17.5 Å². The Morgan fingerprint density at radius 2 is 1.75 bits per heavy atom. The van der Waals surface area contributed by atoms with Crippen LogP contribution in [0.25, 0.3) is 0 Å². The van der Waals surface area contributed by atoms with Crippen molar-refractivity contribution in [2.45, 2.75) is 32.7 Å². The van der Waals surface area contributed by atoms with E-state index in [9.17, 15) is 14.0 Å². The van der Waals surface area contributed by atoms with Crippen molar-refractivity contribution in [3.05, 3.63) is 30.1 Å². The van der Waals surface area contributed by atoms with E-state index >= 15 is 0 Å². The van der Waals surface area contributed by atoms with Crippen LogP contribution >= 0.6 is 0 Å². The molecule has 5 nitrogen and oxygen atoms in total. The minimum Gasteiger partial charge on any atom is -0.366 e. The number of nitrogens with zero attached hydrogens (tertiary/aromatic N) is 2. The zero-order valence-corrected chi connectivity index (χ0v) is 14.2. The first-order valence-corrected chi connectivity index (χ1v) is 8.49. The van der Waals surface area contributed by atoms with Gasteiger partial charge in [0, 0.05) is 32.2 Å². The summed E-state index contributed by atoms with van der Waals surface area (Å²) in [5.41, 5.74) is -0.502. The summed E-state index contributed by atoms with van der Waals surface area (Å²) in [4.78, 5) is 28.7. The topological polar surface area (TPSA) is 52.7 Å². The summed E-state index contributed by atoms with van der Waals surface area (Å²) in [6.07, 6.45) is 1.99. The molecule has 0 spiro atoms. The van der Waals surface area contributed by atoms with Crippen molar-refractivity contribution in [3.63, 3.8) is 0 Å².